The maximum Gasteiger partial charge on any atom is 0.410 e. The van der Waals surface area contributed by atoms with Crippen molar-refractivity contribution in [3.8, 4) is 17.4 Å². The molecule has 1 saturated heterocycles. The quantitative estimate of drug-likeness (QED) is 0.713. The number of hydrogen-bond acceptors (Lipinski definition) is 6. The van der Waals surface area contributed by atoms with Gasteiger partial charge in [-0.3, -0.25) is 4.79 Å². The summed E-state index contributed by atoms with van der Waals surface area (Å²) in [7, 11) is 0. The molecule has 2 heterocycles. The van der Waals surface area contributed by atoms with Crippen molar-refractivity contribution in [1.82, 2.24) is 14.8 Å². The van der Waals surface area contributed by atoms with Crippen molar-refractivity contribution in [2.24, 2.45) is 0 Å². The molecule has 168 valence electrons. The van der Waals surface area contributed by atoms with Crippen molar-refractivity contribution in [3.63, 3.8) is 0 Å². The summed E-state index contributed by atoms with van der Waals surface area (Å²) < 4.78 is 25.3. The topological polar surface area (TPSA) is 99.7 Å². The van der Waals surface area contributed by atoms with Crippen molar-refractivity contribution in [2.75, 3.05) is 13.1 Å². The van der Waals surface area contributed by atoms with Crippen molar-refractivity contribution in [3.05, 3.63) is 41.7 Å². The number of oxazole rings is 1. The summed E-state index contributed by atoms with van der Waals surface area (Å²) in [6.45, 7) is 6.32. The van der Waals surface area contributed by atoms with Crippen molar-refractivity contribution >= 4 is 12.0 Å². The normalized spacial score (nSPS) is 18.3. The van der Waals surface area contributed by atoms with Crippen LogP contribution in [-0.2, 0) is 4.74 Å². The summed E-state index contributed by atoms with van der Waals surface area (Å²) in [5.41, 5.74) is -0.239. The molecule has 0 N–H and O–H groups in total. The summed E-state index contributed by atoms with van der Waals surface area (Å²) >= 11 is 0. The second-order valence-electron chi connectivity index (χ2n) is 9.15. The van der Waals surface area contributed by atoms with E-state index < -0.39 is 17.5 Å². The summed E-state index contributed by atoms with van der Waals surface area (Å²) in [4.78, 5) is 33.1. The van der Waals surface area contributed by atoms with Crippen LogP contribution in [0.2, 0.25) is 0 Å². The van der Waals surface area contributed by atoms with E-state index in [0.29, 0.717) is 19.5 Å². The number of amides is 2. The van der Waals surface area contributed by atoms with Gasteiger partial charge in [0.05, 0.1) is 29.4 Å². The lowest BCUT2D eigenvalue weighted by molar-refractivity contribution is 0.0272. The molecule has 1 aliphatic heterocycles. The lowest BCUT2D eigenvalue weighted by Crippen LogP contribution is -2.44. The number of rotatable bonds is 4. The third kappa shape index (κ3) is 4.59. The van der Waals surface area contributed by atoms with Gasteiger partial charge in [-0.05, 0) is 58.2 Å². The molecule has 1 atom stereocenters. The van der Waals surface area contributed by atoms with E-state index in [1.807, 2.05) is 26.8 Å². The Morgan fingerprint density at radius 2 is 2.03 bits per heavy atom. The van der Waals surface area contributed by atoms with Gasteiger partial charge in [-0.15, -0.1) is 0 Å². The zero-order chi connectivity index (χ0) is 23.0. The highest BCUT2D eigenvalue weighted by Gasteiger charge is 2.43. The van der Waals surface area contributed by atoms with Crippen LogP contribution in [0.15, 0.2) is 28.8 Å². The van der Waals surface area contributed by atoms with Gasteiger partial charge in [-0.25, -0.2) is 14.2 Å². The number of aromatic nitrogens is 1. The third-order valence-electron chi connectivity index (χ3n) is 5.43. The Bertz CT molecular complexity index is 1080. The smallest absolute Gasteiger partial charge is 0.410 e. The molecule has 4 rings (SSSR count). The Morgan fingerprint density at radius 1 is 1.28 bits per heavy atom. The number of benzene rings is 1. The number of ether oxygens (including phenoxy) is 1. The van der Waals surface area contributed by atoms with Crippen LogP contribution in [0, 0.1) is 17.1 Å². The SMILES string of the molecule is CC(C)(C)OC(=O)N1CC[C@@H](N(C(=O)c2ncc(-c3cc(C#N)ccc3F)o2)C2CC2)C1. The Hall–Kier alpha value is -3.41. The zero-order valence-electron chi connectivity index (χ0n) is 18.3. The highest BCUT2D eigenvalue weighted by atomic mass is 19.1. The van der Waals surface area contributed by atoms with E-state index in [-0.39, 0.29) is 40.8 Å². The largest absolute Gasteiger partial charge is 0.444 e. The number of hydrogen-bond donors (Lipinski definition) is 0. The van der Waals surface area contributed by atoms with E-state index in [1.54, 1.807) is 9.80 Å². The predicted molar refractivity (Wildman–Crippen MR) is 112 cm³/mol. The molecule has 0 radical (unpaired) electrons. The fraction of sp³-hybridized carbons (Fsp3) is 0.478. The molecule has 0 spiro atoms. The summed E-state index contributed by atoms with van der Waals surface area (Å²) in [6, 6.07) is 5.76. The van der Waals surface area contributed by atoms with Crippen LogP contribution in [0.3, 0.4) is 0 Å². The number of carbonyl (C=O) groups excluding carboxylic acids is 2. The van der Waals surface area contributed by atoms with Gasteiger partial charge in [0, 0.05) is 19.1 Å². The molecule has 1 aromatic heterocycles. The van der Waals surface area contributed by atoms with Gasteiger partial charge in [-0.1, -0.05) is 0 Å². The monoisotopic (exact) mass is 440 g/mol. The van der Waals surface area contributed by atoms with Gasteiger partial charge < -0.3 is 19.0 Å². The fourth-order valence-corrected chi connectivity index (χ4v) is 3.84. The van der Waals surface area contributed by atoms with E-state index in [4.69, 9.17) is 14.4 Å². The van der Waals surface area contributed by atoms with Gasteiger partial charge in [0.2, 0.25) is 0 Å². The first-order valence-corrected chi connectivity index (χ1v) is 10.6. The molecular weight excluding hydrogens is 415 g/mol. The lowest BCUT2D eigenvalue weighted by Gasteiger charge is -2.28. The lowest BCUT2D eigenvalue weighted by atomic mass is 10.1. The molecule has 8 nitrogen and oxygen atoms in total. The van der Waals surface area contributed by atoms with Crippen LogP contribution < -0.4 is 0 Å². The van der Waals surface area contributed by atoms with E-state index in [9.17, 15) is 14.0 Å². The standard InChI is InChI=1S/C23H25FN4O4/c1-23(2,3)32-22(30)27-9-8-16(13-27)28(15-5-6-15)21(29)20-26-12-19(31-20)17-10-14(11-25)4-7-18(17)24/h4,7,10,12,15-16H,5-6,8-9,13H2,1-3H3/t16-/m1/s1. The number of carbonyl (C=O) groups is 2. The van der Waals surface area contributed by atoms with Gasteiger partial charge in [0.25, 0.3) is 5.89 Å². The molecule has 9 heteroatoms. The fourth-order valence-electron chi connectivity index (χ4n) is 3.84. The van der Waals surface area contributed by atoms with Crippen molar-refractivity contribution in [1.29, 1.82) is 5.26 Å². The van der Waals surface area contributed by atoms with E-state index in [0.717, 1.165) is 12.8 Å². The van der Waals surface area contributed by atoms with Crippen LogP contribution in [0.25, 0.3) is 11.3 Å². The number of halogens is 1. The Labute approximate surface area is 185 Å². The molecule has 2 aromatic rings. The zero-order valence-corrected chi connectivity index (χ0v) is 18.3. The summed E-state index contributed by atoms with van der Waals surface area (Å²) in [5.74, 6) is -1.00. The molecule has 2 fully saturated rings. The third-order valence-corrected chi connectivity index (χ3v) is 5.43. The highest BCUT2D eigenvalue weighted by molar-refractivity contribution is 5.91. The van der Waals surface area contributed by atoms with E-state index >= 15 is 0 Å². The first-order chi connectivity index (χ1) is 15.2. The molecule has 2 amide bonds. The predicted octanol–water partition coefficient (Wildman–Crippen LogP) is 3.97. The average Bonchev–Trinajstić information content (AvgIpc) is 3.24. The average molecular weight is 440 g/mol. The summed E-state index contributed by atoms with van der Waals surface area (Å²) in [5, 5.41) is 9.06. The molecular formula is C23H25FN4O4. The molecule has 0 unspecified atom stereocenters. The second-order valence-corrected chi connectivity index (χ2v) is 9.15. The Kier molecular flexibility index (Phi) is 5.63. The Balaban J connectivity index is 1.51. The summed E-state index contributed by atoms with van der Waals surface area (Å²) in [6.07, 6.45) is 3.28. The van der Waals surface area contributed by atoms with Crippen LogP contribution in [0.4, 0.5) is 9.18 Å². The molecule has 1 aromatic carbocycles. The van der Waals surface area contributed by atoms with Crippen LogP contribution in [0.1, 0.15) is 56.3 Å². The minimum Gasteiger partial charge on any atom is -0.444 e. The van der Waals surface area contributed by atoms with Crippen LogP contribution in [-0.4, -0.2) is 57.6 Å². The van der Waals surface area contributed by atoms with Gasteiger partial charge in [0.1, 0.15) is 11.4 Å². The van der Waals surface area contributed by atoms with Gasteiger partial charge in [0.15, 0.2) is 5.76 Å². The van der Waals surface area contributed by atoms with Gasteiger partial charge in [-0.2, -0.15) is 5.26 Å². The van der Waals surface area contributed by atoms with Gasteiger partial charge >= 0.3 is 12.0 Å². The first kappa shape index (κ1) is 21.8. The first-order valence-electron chi connectivity index (χ1n) is 10.6. The minimum absolute atomic E-state index is 0.0695. The molecule has 2 aliphatic rings. The maximum atomic E-state index is 14.2. The maximum absolute atomic E-state index is 14.2. The Morgan fingerprint density at radius 3 is 2.69 bits per heavy atom. The van der Waals surface area contributed by atoms with Crippen molar-refractivity contribution in [2.45, 2.75) is 57.7 Å². The number of nitriles is 1. The molecule has 1 saturated carbocycles. The van der Waals surface area contributed by atoms with Crippen LogP contribution >= 0.6 is 0 Å². The highest BCUT2D eigenvalue weighted by Crippen LogP contribution is 2.34. The molecule has 1 aliphatic carbocycles. The second kappa shape index (κ2) is 8.26. The molecule has 32 heavy (non-hydrogen) atoms. The van der Waals surface area contributed by atoms with Crippen molar-refractivity contribution < 1.29 is 23.1 Å². The number of nitrogens with zero attached hydrogens (tertiary/aromatic N) is 4. The van der Waals surface area contributed by atoms with Crippen LogP contribution in [0.5, 0.6) is 0 Å². The van der Waals surface area contributed by atoms with E-state index in [2.05, 4.69) is 4.98 Å². The minimum atomic E-state index is -0.590. The number of likely N-dealkylation sites (tertiary alicyclic amines) is 1. The van der Waals surface area contributed by atoms with E-state index in [1.165, 1.54) is 24.4 Å². The molecule has 0 bridgehead atoms.